The standard InChI is InChI=1S/C28H16Cl2FN3O4S2/c29-18-10-7-16(11-19(18)30)23-22(24(35)21-12-15-3-1-2-4-20(15)38-21)25(36)26(37)34(23)27-32-33-28(40-27)39-13-14-5-8-17(31)9-6-14/h1-12,23,36H,13H2/t23-/m0/s1. The fourth-order valence-corrected chi connectivity index (χ4v) is 6.47. The van der Waals surface area contributed by atoms with Crippen LogP contribution in [0.25, 0.3) is 11.0 Å². The van der Waals surface area contributed by atoms with Crippen molar-refractivity contribution in [2.24, 2.45) is 0 Å². The summed E-state index contributed by atoms with van der Waals surface area (Å²) < 4.78 is 19.5. The molecule has 1 aliphatic rings. The van der Waals surface area contributed by atoms with Crippen LogP contribution in [-0.4, -0.2) is 27.0 Å². The molecule has 3 aromatic carbocycles. The number of aliphatic hydroxyl groups is 1. The summed E-state index contributed by atoms with van der Waals surface area (Å²) in [5.74, 6) is -2.06. The molecule has 12 heteroatoms. The minimum atomic E-state index is -1.08. The topological polar surface area (TPSA) is 96.5 Å². The van der Waals surface area contributed by atoms with Crippen molar-refractivity contribution in [3.63, 3.8) is 0 Å². The van der Waals surface area contributed by atoms with E-state index in [-0.39, 0.29) is 32.3 Å². The van der Waals surface area contributed by atoms with Crippen LogP contribution in [0, 0.1) is 5.82 Å². The van der Waals surface area contributed by atoms with Gasteiger partial charge in [-0.2, -0.15) is 0 Å². The third-order valence-corrected chi connectivity index (χ3v) is 9.10. The predicted molar refractivity (Wildman–Crippen MR) is 153 cm³/mol. The number of hydrogen-bond acceptors (Lipinski definition) is 8. The van der Waals surface area contributed by atoms with Gasteiger partial charge in [-0.3, -0.25) is 14.5 Å². The molecule has 1 N–H and O–H groups in total. The number of rotatable bonds is 7. The monoisotopic (exact) mass is 611 g/mol. The number of nitrogens with zero attached hydrogens (tertiary/aromatic N) is 3. The number of anilines is 1. The lowest BCUT2D eigenvalue weighted by atomic mass is 9.95. The van der Waals surface area contributed by atoms with Crippen molar-refractivity contribution in [1.29, 1.82) is 0 Å². The normalized spacial score (nSPS) is 15.4. The highest BCUT2D eigenvalue weighted by Crippen LogP contribution is 2.45. The van der Waals surface area contributed by atoms with Crippen molar-refractivity contribution < 1.29 is 23.5 Å². The number of carbonyl (C=O) groups is 2. The highest BCUT2D eigenvalue weighted by Gasteiger charge is 2.47. The van der Waals surface area contributed by atoms with E-state index in [1.807, 2.05) is 6.07 Å². The second-order valence-corrected chi connectivity index (χ2v) is 11.7. The van der Waals surface area contributed by atoms with Crippen LogP contribution in [0.4, 0.5) is 9.52 Å². The van der Waals surface area contributed by atoms with Crippen LogP contribution in [0.2, 0.25) is 10.0 Å². The second-order valence-electron chi connectivity index (χ2n) is 8.76. The van der Waals surface area contributed by atoms with Gasteiger partial charge in [0.1, 0.15) is 11.4 Å². The molecule has 3 heterocycles. The van der Waals surface area contributed by atoms with Crippen molar-refractivity contribution in [1.82, 2.24) is 10.2 Å². The van der Waals surface area contributed by atoms with Crippen molar-refractivity contribution in [2.75, 3.05) is 4.90 Å². The smallest absolute Gasteiger partial charge is 0.296 e. The van der Waals surface area contributed by atoms with Crippen molar-refractivity contribution in [2.45, 2.75) is 16.1 Å². The first-order valence-electron chi connectivity index (χ1n) is 11.8. The number of halogens is 3. The van der Waals surface area contributed by atoms with Gasteiger partial charge in [0, 0.05) is 11.1 Å². The van der Waals surface area contributed by atoms with Crippen LogP contribution in [-0.2, 0) is 10.5 Å². The number of hydrogen-bond donors (Lipinski definition) is 1. The Morgan fingerprint density at radius 3 is 2.58 bits per heavy atom. The number of carbonyl (C=O) groups excluding carboxylic acids is 2. The van der Waals surface area contributed by atoms with E-state index in [0.29, 0.717) is 26.6 Å². The molecule has 0 spiro atoms. The summed E-state index contributed by atoms with van der Waals surface area (Å²) in [6, 6.07) is 18.4. The van der Waals surface area contributed by atoms with E-state index >= 15 is 0 Å². The maximum atomic E-state index is 13.8. The van der Waals surface area contributed by atoms with Crippen LogP contribution in [0.15, 0.2) is 92.9 Å². The van der Waals surface area contributed by atoms with E-state index < -0.39 is 23.5 Å². The fraction of sp³-hybridized carbons (Fsp3) is 0.0714. The second kappa shape index (κ2) is 10.7. The Balaban J connectivity index is 1.37. The summed E-state index contributed by atoms with van der Waals surface area (Å²) in [4.78, 5) is 28.4. The molecular formula is C28H16Cl2FN3O4S2. The van der Waals surface area contributed by atoms with E-state index in [1.54, 1.807) is 48.5 Å². The van der Waals surface area contributed by atoms with Gasteiger partial charge >= 0.3 is 0 Å². The lowest BCUT2D eigenvalue weighted by Gasteiger charge is -2.24. The summed E-state index contributed by atoms with van der Waals surface area (Å²) in [6.45, 7) is 0. The largest absolute Gasteiger partial charge is 0.503 e. The van der Waals surface area contributed by atoms with Gasteiger partial charge < -0.3 is 9.52 Å². The quantitative estimate of drug-likeness (QED) is 0.114. The average molecular weight is 612 g/mol. The number of ketones is 1. The van der Waals surface area contributed by atoms with Crippen LogP contribution < -0.4 is 4.90 Å². The highest BCUT2D eigenvalue weighted by atomic mass is 35.5. The minimum absolute atomic E-state index is 0.0322. The summed E-state index contributed by atoms with van der Waals surface area (Å²) in [5.41, 5.74) is 1.62. The number of aromatic nitrogens is 2. The summed E-state index contributed by atoms with van der Waals surface area (Å²) in [6.07, 6.45) is 0. The fourth-order valence-electron chi connectivity index (χ4n) is 4.34. The van der Waals surface area contributed by atoms with Crippen molar-refractivity contribution >= 4 is 74.1 Å². The first kappa shape index (κ1) is 26.5. The number of amides is 1. The Kier molecular flexibility index (Phi) is 7.09. The molecule has 2 aromatic heterocycles. The maximum Gasteiger partial charge on any atom is 0.296 e. The summed E-state index contributed by atoms with van der Waals surface area (Å²) in [7, 11) is 0. The molecule has 5 aromatic rings. The van der Waals surface area contributed by atoms with E-state index in [2.05, 4.69) is 10.2 Å². The predicted octanol–water partition coefficient (Wildman–Crippen LogP) is 7.81. The number of Topliss-reactive ketones (excluding diaryl/α,β-unsaturated/α-hetero) is 1. The van der Waals surface area contributed by atoms with E-state index in [4.69, 9.17) is 27.6 Å². The van der Waals surface area contributed by atoms with Crippen molar-refractivity contribution in [3.8, 4) is 0 Å². The van der Waals surface area contributed by atoms with Crippen LogP contribution >= 0.6 is 46.3 Å². The van der Waals surface area contributed by atoms with E-state index in [1.165, 1.54) is 34.9 Å². The molecule has 40 heavy (non-hydrogen) atoms. The van der Waals surface area contributed by atoms with Crippen LogP contribution in [0.1, 0.15) is 27.7 Å². The number of benzene rings is 3. The molecule has 0 radical (unpaired) electrons. The van der Waals surface area contributed by atoms with E-state index in [9.17, 15) is 19.1 Å². The zero-order chi connectivity index (χ0) is 28.0. The van der Waals surface area contributed by atoms with Crippen molar-refractivity contribution in [3.05, 3.63) is 117 Å². The van der Waals surface area contributed by atoms with Gasteiger partial charge in [0.25, 0.3) is 5.91 Å². The average Bonchev–Trinajstić information content (AvgIpc) is 3.66. The molecule has 200 valence electrons. The molecule has 0 unspecified atom stereocenters. The lowest BCUT2D eigenvalue weighted by molar-refractivity contribution is -0.117. The molecule has 1 aliphatic heterocycles. The zero-order valence-corrected chi connectivity index (χ0v) is 23.3. The number of aliphatic hydroxyl groups excluding tert-OH is 1. The van der Waals surface area contributed by atoms with Gasteiger partial charge in [0.05, 0.1) is 21.7 Å². The molecule has 0 saturated heterocycles. The highest BCUT2D eigenvalue weighted by molar-refractivity contribution is 8.00. The number of para-hydroxylation sites is 1. The number of furan rings is 1. The van der Waals surface area contributed by atoms with Crippen LogP contribution in [0.3, 0.4) is 0 Å². The Morgan fingerprint density at radius 1 is 1.05 bits per heavy atom. The Hall–Kier alpha value is -3.70. The Bertz CT molecular complexity index is 1790. The third kappa shape index (κ3) is 4.88. The SMILES string of the molecule is O=C(C1=C(O)C(=O)N(c2nnc(SCc3ccc(F)cc3)s2)[C@H]1c1ccc(Cl)c(Cl)c1)c1cc2ccccc2o1. The van der Waals surface area contributed by atoms with Gasteiger partial charge in [-0.15, -0.1) is 10.2 Å². The molecule has 6 rings (SSSR count). The summed E-state index contributed by atoms with van der Waals surface area (Å²) in [5, 5.41) is 20.8. The molecule has 0 saturated carbocycles. The van der Waals surface area contributed by atoms with E-state index in [0.717, 1.165) is 16.9 Å². The molecule has 0 aliphatic carbocycles. The molecule has 0 bridgehead atoms. The lowest BCUT2D eigenvalue weighted by Crippen LogP contribution is -2.31. The minimum Gasteiger partial charge on any atom is -0.503 e. The van der Waals surface area contributed by atoms with Gasteiger partial charge in [0.15, 0.2) is 15.9 Å². The Labute approximate surface area is 244 Å². The Morgan fingerprint density at radius 2 is 1.82 bits per heavy atom. The molecular weight excluding hydrogens is 596 g/mol. The molecule has 7 nitrogen and oxygen atoms in total. The number of thioether (sulfide) groups is 1. The molecule has 0 fully saturated rings. The first-order valence-corrected chi connectivity index (χ1v) is 14.3. The maximum absolute atomic E-state index is 13.8. The van der Waals surface area contributed by atoms with Gasteiger partial charge in [-0.25, -0.2) is 4.39 Å². The first-order chi connectivity index (χ1) is 19.3. The number of fused-ring (bicyclic) bond motifs is 1. The van der Waals surface area contributed by atoms with Crippen LogP contribution in [0.5, 0.6) is 0 Å². The van der Waals surface area contributed by atoms with Gasteiger partial charge in [-0.05, 0) is 47.5 Å². The molecule has 1 amide bonds. The van der Waals surface area contributed by atoms with Gasteiger partial charge in [0.2, 0.25) is 10.9 Å². The van der Waals surface area contributed by atoms with Gasteiger partial charge in [-0.1, -0.05) is 82.7 Å². The summed E-state index contributed by atoms with van der Waals surface area (Å²) >= 11 is 14.9. The zero-order valence-electron chi connectivity index (χ0n) is 20.2. The third-order valence-electron chi connectivity index (χ3n) is 6.24. The molecule has 1 atom stereocenters.